The molecule has 106 valence electrons. The normalized spacial score (nSPS) is 11.2. The number of aromatic carboxylic acids is 1. The van der Waals surface area contributed by atoms with E-state index in [0.717, 1.165) is 23.5 Å². The standard InChI is InChI=1S/C11H8ClNO5S2/c12-9-3-4-10(19-9)20(17,18)13-6-1-2-7(11(15)16)8(14)5-6/h1-5,13-14H,(H,15,16). The third-order valence-electron chi connectivity index (χ3n) is 2.29. The number of carboxylic acids is 1. The summed E-state index contributed by atoms with van der Waals surface area (Å²) >= 11 is 6.56. The average molecular weight is 334 g/mol. The quantitative estimate of drug-likeness (QED) is 0.797. The SMILES string of the molecule is O=C(O)c1ccc(NS(=O)(=O)c2ccc(Cl)s2)cc1O. The van der Waals surface area contributed by atoms with E-state index in [4.69, 9.17) is 16.7 Å². The average Bonchev–Trinajstić information content (AvgIpc) is 2.75. The Hall–Kier alpha value is -1.77. The number of thiophene rings is 1. The Morgan fingerprint density at radius 3 is 2.45 bits per heavy atom. The van der Waals surface area contributed by atoms with Crippen LogP contribution in [0.25, 0.3) is 0 Å². The van der Waals surface area contributed by atoms with Gasteiger partial charge < -0.3 is 10.2 Å². The molecule has 2 rings (SSSR count). The van der Waals surface area contributed by atoms with E-state index in [2.05, 4.69) is 4.72 Å². The summed E-state index contributed by atoms with van der Waals surface area (Å²) in [5.74, 6) is -1.83. The van der Waals surface area contributed by atoms with Crippen molar-refractivity contribution in [2.75, 3.05) is 4.72 Å². The van der Waals surface area contributed by atoms with Gasteiger partial charge in [-0.25, -0.2) is 13.2 Å². The smallest absolute Gasteiger partial charge is 0.339 e. The largest absolute Gasteiger partial charge is 0.507 e. The Balaban J connectivity index is 2.30. The van der Waals surface area contributed by atoms with Gasteiger partial charge in [0.2, 0.25) is 0 Å². The number of benzene rings is 1. The van der Waals surface area contributed by atoms with Crippen LogP contribution in [0, 0.1) is 0 Å². The van der Waals surface area contributed by atoms with Crippen molar-refractivity contribution in [2.24, 2.45) is 0 Å². The molecule has 6 nitrogen and oxygen atoms in total. The number of nitrogens with one attached hydrogen (secondary N) is 1. The molecule has 0 fully saturated rings. The number of carbonyl (C=O) groups is 1. The van der Waals surface area contributed by atoms with E-state index >= 15 is 0 Å². The van der Waals surface area contributed by atoms with Gasteiger partial charge in [0.15, 0.2) is 0 Å². The maximum absolute atomic E-state index is 12.0. The van der Waals surface area contributed by atoms with Crippen molar-refractivity contribution in [3.63, 3.8) is 0 Å². The van der Waals surface area contributed by atoms with Crippen LogP contribution in [0.1, 0.15) is 10.4 Å². The van der Waals surface area contributed by atoms with Crippen molar-refractivity contribution in [3.8, 4) is 5.75 Å². The Morgan fingerprint density at radius 2 is 1.95 bits per heavy atom. The molecule has 3 N–H and O–H groups in total. The lowest BCUT2D eigenvalue weighted by atomic mass is 10.2. The monoisotopic (exact) mass is 333 g/mol. The second kappa shape index (κ2) is 5.31. The number of hydrogen-bond donors (Lipinski definition) is 3. The summed E-state index contributed by atoms with van der Waals surface area (Å²) in [4.78, 5) is 10.7. The lowest BCUT2D eigenvalue weighted by Gasteiger charge is -2.07. The van der Waals surface area contributed by atoms with Crippen LogP contribution in [0.2, 0.25) is 4.34 Å². The fourth-order valence-corrected chi connectivity index (χ4v) is 3.96. The molecule has 1 aromatic carbocycles. The summed E-state index contributed by atoms with van der Waals surface area (Å²) in [7, 11) is -3.82. The van der Waals surface area contributed by atoms with Gasteiger partial charge in [-0.1, -0.05) is 11.6 Å². The van der Waals surface area contributed by atoms with E-state index in [1.165, 1.54) is 18.2 Å². The molecule has 1 heterocycles. The van der Waals surface area contributed by atoms with Gasteiger partial charge in [-0.2, -0.15) is 0 Å². The fourth-order valence-electron chi connectivity index (χ4n) is 1.42. The number of halogens is 1. The van der Waals surface area contributed by atoms with Gasteiger partial charge in [0.1, 0.15) is 15.5 Å². The van der Waals surface area contributed by atoms with Crippen LogP contribution in [0.4, 0.5) is 5.69 Å². The number of aromatic hydroxyl groups is 1. The summed E-state index contributed by atoms with van der Waals surface area (Å²) in [5.41, 5.74) is -0.260. The lowest BCUT2D eigenvalue weighted by molar-refractivity contribution is 0.0694. The summed E-state index contributed by atoms with van der Waals surface area (Å²) in [6, 6.07) is 6.18. The van der Waals surface area contributed by atoms with Crippen LogP contribution in [0.5, 0.6) is 5.75 Å². The Labute approximate surface area is 123 Å². The first-order valence-corrected chi connectivity index (χ1v) is 7.82. The van der Waals surface area contributed by atoms with Crippen LogP contribution < -0.4 is 4.72 Å². The topological polar surface area (TPSA) is 104 Å². The minimum absolute atomic E-state index is 0.0179. The molecule has 0 unspecified atom stereocenters. The molecular weight excluding hydrogens is 326 g/mol. The molecule has 0 aliphatic heterocycles. The molecule has 0 saturated heterocycles. The van der Waals surface area contributed by atoms with E-state index in [-0.39, 0.29) is 15.5 Å². The van der Waals surface area contributed by atoms with Gasteiger partial charge in [-0.15, -0.1) is 11.3 Å². The molecule has 2 aromatic rings. The summed E-state index contributed by atoms with van der Waals surface area (Å²) in [6.07, 6.45) is 0. The van der Waals surface area contributed by atoms with Crippen LogP contribution in [0.3, 0.4) is 0 Å². The number of phenols is 1. The van der Waals surface area contributed by atoms with Gasteiger partial charge in [0, 0.05) is 6.07 Å². The molecule has 0 spiro atoms. The highest BCUT2D eigenvalue weighted by Gasteiger charge is 2.18. The van der Waals surface area contributed by atoms with E-state index in [0.29, 0.717) is 4.34 Å². The maximum atomic E-state index is 12.0. The van der Waals surface area contributed by atoms with Crippen molar-refractivity contribution in [3.05, 3.63) is 40.2 Å². The molecule has 9 heteroatoms. The van der Waals surface area contributed by atoms with E-state index in [1.807, 2.05) is 0 Å². The highest BCUT2D eigenvalue weighted by Crippen LogP contribution is 2.28. The van der Waals surface area contributed by atoms with Gasteiger partial charge in [0.25, 0.3) is 10.0 Å². The molecule has 0 amide bonds. The van der Waals surface area contributed by atoms with E-state index < -0.39 is 21.7 Å². The fraction of sp³-hybridized carbons (Fsp3) is 0. The minimum atomic E-state index is -3.82. The predicted octanol–water partition coefficient (Wildman–Crippen LogP) is 2.61. The van der Waals surface area contributed by atoms with Crippen molar-refractivity contribution in [1.29, 1.82) is 0 Å². The van der Waals surface area contributed by atoms with Crippen LogP contribution in [0.15, 0.2) is 34.5 Å². The summed E-state index contributed by atoms with van der Waals surface area (Å²) in [6.45, 7) is 0. The predicted molar refractivity (Wildman–Crippen MR) is 75.2 cm³/mol. The van der Waals surface area contributed by atoms with Gasteiger partial charge in [-0.05, 0) is 24.3 Å². The molecule has 0 aliphatic rings. The van der Waals surface area contributed by atoms with Gasteiger partial charge in [-0.3, -0.25) is 4.72 Å². The molecule has 0 atom stereocenters. The maximum Gasteiger partial charge on any atom is 0.339 e. The van der Waals surface area contributed by atoms with Crippen molar-refractivity contribution < 1.29 is 23.4 Å². The number of hydrogen-bond acceptors (Lipinski definition) is 5. The Bertz CT molecular complexity index is 769. The first-order chi connectivity index (χ1) is 9.29. The molecule has 0 saturated carbocycles. The van der Waals surface area contributed by atoms with Gasteiger partial charge >= 0.3 is 5.97 Å². The van der Waals surface area contributed by atoms with E-state index in [9.17, 15) is 18.3 Å². The Morgan fingerprint density at radius 1 is 1.25 bits per heavy atom. The van der Waals surface area contributed by atoms with Gasteiger partial charge in [0.05, 0.1) is 10.0 Å². The molecular formula is C11H8ClNO5S2. The zero-order chi connectivity index (χ0) is 14.9. The number of sulfonamides is 1. The first kappa shape index (κ1) is 14.6. The van der Waals surface area contributed by atoms with Crippen LogP contribution >= 0.6 is 22.9 Å². The molecule has 0 radical (unpaired) electrons. The third kappa shape index (κ3) is 3.03. The molecule has 20 heavy (non-hydrogen) atoms. The molecule has 0 bridgehead atoms. The van der Waals surface area contributed by atoms with Crippen LogP contribution in [-0.2, 0) is 10.0 Å². The molecule has 1 aromatic heterocycles. The number of carboxylic acid groups (broad SMARTS) is 1. The summed E-state index contributed by atoms with van der Waals surface area (Å²) in [5, 5.41) is 18.3. The second-order valence-electron chi connectivity index (χ2n) is 3.70. The first-order valence-electron chi connectivity index (χ1n) is 5.14. The number of rotatable bonds is 4. The zero-order valence-corrected chi connectivity index (χ0v) is 12.1. The van der Waals surface area contributed by atoms with E-state index in [1.54, 1.807) is 0 Å². The lowest BCUT2D eigenvalue weighted by Crippen LogP contribution is -2.11. The highest BCUT2D eigenvalue weighted by atomic mass is 35.5. The van der Waals surface area contributed by atoms with Crippen molar-refractivity contribution >= 4 is 44.6 Å². The van der Waals surface area contributed by atoms with Crippen molar-refractivity contribution in [2.45, 2.75) is 4.21 Å². The highest BCUT2D eigenvalue weighted by molar-refractivity contribution is 7.94. The number of anilines is 1. The molecule has 0 aliphatic carbocycles. The second-order valence-corrected chi connectivity index (χ2v) is 7.33. The van der Waals surface area contributed by atoms with Crippen LogP contribution in [-0.4, -0.2) is 24.6 Å². The Kier molecular flexibility index (Phi) is 3.89. The third-order valence-corrected chi connectivity index (χ3v) is 5.40. The summed E-state index contributed by atoms with van der Waals surface area (Å²) < 4.78 is 26.5. The van der Waals surface area contributed by atoms with Crippen molar-refractivity contribution in [1.82, 2.24) is 0 Å². The zero-order valence-electron chi connectivity index (χ0n) is 9.70. The minimum Gasteiger partial charge on any atom is -0.507 e.